The molecule has 1 aromatic carbocycles. The highest BCUT2D eigenvalue weighted by atomic mass is 19.4. The number of para-hydroxylation sites is 1. The van der Waals surface area contributed by atoms with Crippen LogP contribution in [0.25, 0.3) is 5.69 Å². The molecule has 2 aromatic rings. The molecule has 0 fully saturated rings. The fraction of sp³-hybridized carbons (Fsp3) is 0.0909. The minimum atomic E-state index is -4.81. The summed E-state index contributed by atoms with van der Waals surface area (Å²) in [5.74, 6) is -1.71. The average Bonchev–Trinajstić information content (AvgIpc) is 2.68. The molecule has 0 unspecified atom stereocenters. The molecule has 0 aliphatic carbocycles. The summed E-state index contributed by atoms with van der Waals surface area (Å²) in [6.45, 7) is 0. The number of nitrogens with two attached hydrogens (primary N) is 2. The van der Waals surface area contributed by atoms with Crippen molar-refractivity contribution in [3.63, 3.8) is 0 Å². The monoisotopic (exact) mass is 270 g/mol. The second-order valence-corrected chi connectivity index (χ2v) is 3.72. The number of primary amides is 1. The molecular formula is C11H9F3N4O. The number of rotatable bonds is 2. The summed E-state index contributed by atoms with van der Waals surface area (Å²) in [4.78, 5) is 11.1. The molecule has 0 aliphatic rings. The maximum Gasteiger partial charge on any atom is 0.436 e. The quantitative estimate of drug-likeness (QED) is 0.868. The first kappa shape index (κ1) is 12.9. The third-order valence-corrected chi connectivity index (χ3v) is 2.44. The van der Waals surface area contributed by atoms with Crippen LogP contribution in [0.2, 0.25) is 0 Å². The summed E-state index contributed by atoms with van der Waals surface area (Å²) in [6, 6.07) is 7.91. The number of aromatic nitrogens is 2. The molecule has 1 amide bonds. The van der Waals surface area contributed by atoms with Crippen molar-refractivity contribution in [1.82, 2.24) is 9.78 Å². The second-order valence-electron chi connectivity index (χ2n) is 3.72. The molecule has 2 rings (SSSR count). The summed E-state index contributed by atoms with van der Waals surface area (Å²) in [5.41, 5.74) is 8.56. The summed E-state index contributed by atoms with van der Waals surface area (Å²) < 4.78 is 39.2. The molecule has 19 heavy (non-hydrogen) atoms. The van der Waals surface area contributed by atoms with Crippen LogP contribution in [0.5, 0.6) is 0 Å². The van der Waals surface area contributed by atoms with E-state index >= 15 is 0 Å². The average molecular weight is 270 g/mol. The zero-order chi connectivity index (χ0) is 14.2. The molecule has 8 heteroatoms. The number of benzene rings is 1. The van der Waals surface area contributed by atoms with Crippen molar-refractivity contribution >= 4 is 11.7 Å². The molecule has 0 atom stereocenters. The minimum Gasteiger partial charge on any atom is -0.383 e. The van der Waals surface area contributed by atoms with Crippen molar-refractivity contribution in [3.8, 4) is 5.69 Å². The number of anilines is 1. The lowest BCUT2D eigenvalue weighted by Crippen LogP contribution is -2.18. The van der Waals surface area contributed by atoms with E-state index in [1.807, 2.05) is 0 Å². The van der Waals surface area contributed by atoms with Gasteiger partial charge in [0.05, 0.1) is 5.69 Å². The molecule has 0 radical (unpaired) electrons. The molecule has 1 heterocycles. The van der Waals surface area contributed by atoms with Crippen LogP contribution < -0.4 is 11.5 Å². The van der Waals surface area contributed by atoms with E-state index in [0.717, 1.165) is 4.68 Å². The van der Waals surface area contributed by atoms with Crippen molar-refractivity contribution in [2.75, 3.05) is 5.73 Å². The molecule has 0 spiro atoms. The Bertz CT molecular complexity index is 619. The summed E-state index contributed by atoms with van der Waals surface area (Å²) in [5, 5.41) is 3.34. The molecule has 5 nitrogen and oxygen atoms in total. The van der Waals surface area contributed by atoms with Crippen molar-refractivity contribution in [1.29, 1.82) is 0 Å². The van der Waals surface area contributed by atoms with Gasteiger partial charge in [-0.15, -0.1) is 0 Å². The van der Waals surface area contributed by atoms with E-state index in [1.165, 1.54) is 12.1 Å². The van der Waals surface area contributed by atoms with Crippen molar-refractivity contribution in [2.45, 2.75) is 6.18 Å². The van der Waals surface area contributed by atoms with Crippen molar-refractivity contribution < 1.29 is 18.0 Å². The van der Waals surface area contributed by atoms with Crippen LogP contribution in [0.3, 0.4) is 0 Å². The lowest BCUT2D eigenvalue weighted by atomic mass is 10.2. The van der Waals surface area contributed by atoms with Gasteiger partial charge in [-0.05, 0) is 12.1 Å². The summed E-state index contributed by atoms with van der Waals surface area (Å²) in [6.07, 6.45) is -4.81. The van der Waals surface area contributed by atoms with Gasteiger partial charge in [0.2, 0.25) is 0 Å². The number of carbonyl (C=O) groups excluding carboxylic acids is 1. The Morgan fingerprint density at radius 3 is 2.21 bits per heavy atom. The molecule has 4 N–H and O–H groups in total. The number of nitrogen functional groups attached to an aromatic ring is 1. The van der Waals surface area contributed by atoms with E-state index in [0.29, 0.717) is 5.69 Å². The first-order chi connectivity index (χ1) is 8.82. The van der Waals surface area contributed by atoms with Gasteiger partial charge < -0.3 is 11.5 Å². The molecule has 0 saturated carbocycles. The van der Waals surface area contributed by atoms with Gasteiger partial charge in [0, 0.05) is 0 Å². The van der Waals surface area contributed by atoms with E-state index < -0.39 is 29.2 Å². The van der Waals surface area contributed by atoms with Crippen molar-refractivity contribution in [3.05, 3.63) is 41.6 Å². The number of carbonyl (C=O) groups is 1. The van der Waals surface area contributed by atoms with E-state index in [1.54, 1.807) is 18.2 Å². The maximum atomic E-state index is 12.8. The predicted molar refractivity (Wildman–Crippen MR) is 61.5 cm³/mol. The van der Waals surface area contributed by atoms with Crippen LogP contribution in [0.1, 0.15) is 16.1 Å². The Morgan fingerprint density at radius 2 is 1.79 bits per heavy atom. The number of hydrogen-bond acceptors (Lipinski definition) is 3. The van der Waals surface area contributed by atoms with Gasteiger partial charge in [0.25, 0.3) is 5.91 Å². The number of amides is 1. The number of nitrogens with zero attached hydrogens (tertiary/aromatic N) is 2. The standard InChI is InChI=1S/C11H9F3N4O/c12-11(13,14)8-7(10(16)19)9(15)18(17-8)6-4-2-1-3-5-6/h1-5H,15H2,(H2,16,19). The SMILES string of the molecule is NC(=O)c1c(C(F)(F)F)nn(-c2ccccc2)c1N. The normalized spacial score (nSPS) is 11.5. The van der Waals surface area contributed by atoms with Gasteiger partial charge in [-0.25, -0.2) is 4.68 Å². The van der Waals surface area contributed by atoms with Gasteiger partial charge in [-0.1, -0.05) is 18.2 Å². The lowest BCUT2D eigenvalue weighted by Gasteiger charge is -2.03. The summed E-state index contributed by atoms with van der Waals surface area (Å²) >= 11 is 0. The van der Waals surface area contributed by atoms with E-state index in [4.69, 9.17) is 11.5 Å². The Hall–Kier alpha value is -2.51. The van der Waals surface area contributed by atoms with Gasteiger partial charge in [-0.3, -0.25) is 4.79 Å². The number of halogens is 3. The van der Waals surface area contributed by atoms with E-state index in [-0.39, 0.29) is 0 Å². The Balaban J connectivity index is 2.70. The minimum absolute atomic E-state index is 0.304. The zero-order valence-corrected chi connectivity index (χ0v) is 9.48. The molecule has 0 saturated heterocycles. The van der Waals surface area contributed by atoms with E-state index in [9.17, 15) is 18.0 Å². The van der Waals surface area contributed by atoms with Crippen LogP contribution in [-0.2, 0) is 6.18 Å². The topological polar surface area (TPSA) is 86.9 Å². The van der Waals surface area contributed by atoms with Crippen molar-refractivity contribution in [2.24, 2.45) is 5.73 Å². The van der Waals surface area contributed by atoms with Gasteiger partial charge in [-0.2, -0.15) is 18.3 Å². The number of alkyl halides is 3. The summed E-state index contributed by atoms with van der Waals surface area (Å²) in [7, 11) is 0. The molecule has 0 aliphatic heterocycles. The lowest BCUT2D eigenvalue weighted by molar-refractivity contribution is -0.141. The van der Waals surface area contributed by atoms with Crippen LogP contribution in [0, 0.1) is 0 Å². The van der Waals surface area contributed by atoms with Gasteiger partial charge >= 0.3 is 6.18 Å². The maximum absolute atomic E-state index is 12.8. The largest absolute Gasteiger partial charge is 0.436 e. The highest BCUT2D eigenvalue weighted by molar-refractivity contribution is 5.99. The highest BCUT2D eigenvalue weighted by Gasteiger charge is 2.40. The second kappa shape index (κ2) is 4.30. The molecule has 100 valence electrons. The van der Waals surface area contributed by atoms with Crippen LogP contribution >= 0.6 is 0 Å². The van der Waals surface area contributed by atoms with Gasteiger partial charge in [0.15, 0.2) is 5.69 Å². The first-order valence-corrected chi connectivity index (χ1v) is 5.13. The van der Waals surface area contributed by atoms with Crippen LogP contribution in [0.4, 0.5) is 19.0 Å². The Labute approximate surface area is 105 Å². The third kappa shape index (κ3) is 2.24. The third-order valence-electron chi connectivity index (χ3n) is 2.44. The zero-order valence-electron chi connectivity index (χ0n) is 9.48. The van der Waals surface area contributed by atoms with E-state index in [2.05, 4.69) is 5.10 Å². The Morgan fingerprint density at radius 1 is 1.21 bits per heavy atom. The smallest absolute Gasteiger partial charge is 0.383 e. The first-order valence-electron chi connectivity index (χ1n) is 5.13. The number of hydrogen-bond donors (Lipinski definition) is 2. The van der Waals surface area contributed by atoms with Gasteiger partial charge in [0.1, 0.15) is 11.4 Å². The fourth-order valence-electron chi connectivity index (χ4n) is 1.64. The molecule has 1 aromatic heterocycles. The predicted octanol–water partition coefficient (Wildman–Crippen LogP) is 1.57. The Kier molecular flexibility index (Phi) is 2.93. The fourth-order valence-corrected chi connectivity index (χ4v) is 1.64. The van der Waals surface area contributed by atoms with Crippen LogP contribution in [0.15, 0.2) is 30.3 Å². The molecule has 0 bridgehead atoms. The molecular weight excluding hydrogens is 261 g/mol. The van der Waals surface area contributed by atoms with Crippen LogP contribution in [-0.4, -0.2) is 15.7 Å². The highest BCUT2D eigenvalue weighted by Crippen LogP contribution is 2.34.